The van der Waals surface area contributed by atoms with Gasteiger partial charge in [-0.2, -0.15) is 0 Å². The van der Waals surface area contributed by atoms with Crippen LogP contribution in [-0.4, -0.2) is 36.5 Å². The number of hydrogen-bond acceptors (Lipinski definition) is 4. The molecule has 0 saturated carbocycles. The van der Waals surface area contributed by atoms with Crippen LogP contribution in [0.1, 0.15) is 38.5 Å². The largest absolute Gasteiger partial charge is 0.327 e. The van der Waals surface area contributed by atoms with E-state index in [4.69, 9.17) is 11.6 Å². The first kappa shape index (κ1) is 13.4. The maximum Gasteiger partial charge on any atom is 0.233 e. The number of hydrazine groups is 1. The van der Waals surface area contributed by atoms with E-state index < -0.39 is 0 Å². The van der Waals surface area contributed by atoms with Gasteiger partial charge in [0, 0.05) is 19.0 Å². The number of hydrogen-bond donors (Lipinski definition) is 3. The van der Waals surface area contributed by atoms with Crippen molar-refractivity contribution >= 4 is 5.91 Å². The number of likely N-dealkylation sites (tertiary alicyclic amines) is 1. The van der Waals surface area contributed by atoms with Gasteiger partial charge in [-0.05, 0) is 38.8 Å². The van der Waals surface area contributed by atoms with E-state index in [1.54, 1.807) is 0 Å². The summed E-state index contributed by atoms with van der Waals surface area (Å²) >= 11 is 0. The topological polar surface area (TPSA) is 84.4 Å². The van der Waals surface area contributed by atoms with E-state index in [2.05, 4.69) is 10.3 Å². The quantitative estimate of drug-likeness (QED) is 0.258. The van der Waals surface area contributed by atoms with E-state index in [-0.39, 0.29) is 5.91 Å². The number of carbonyl (C=O) groups is 1. The van der Waals surface area contributed by atoms with Crippen molar-refractivity contribution in [1.82, 2.24) is 10.3 Å². The van der Waals surface area contributed by atoms with Gasteiger partial charge in [0.15, 0.2) is 0 Å². The highest BCUT2D eigenvalue weighted by atomic mass is 16.2. The molecule has 1 saturated heterocycles. The van der Waals surface area contributed by atoms with Gasteiger partial charge in [-0.3, -0.25) is 10.2 Å². The standard InChI is InChI=1S/C11H24N4O/c12-10-5-4-8-15(9-10)7-3-1-2-6-11(16)14-13/h10H,1-9,12-13H2,(H,14,16). The molecule has 5 heteroatoms. The predicted molar refractivity (Wildman–Crippen MR) is 64.4 cm³/mol. The van der Waals surface area contributed by atoms with E-state index in [0.717, 1.165) is 38.8 Å². The van der Waals surface area contributed by atoms with Crippen LogP contribution in [-0.2, 0) is 4.79 Å². The van der Waals surface area contributed by atoms with Crippen molar-refractivity contribution in [3.8, 4) is 0 Å². The molecule has 1 aliphatic heterocycles. The van der Waals surface area contributed by atoms with E-state index in [0.29, 0.717) is 12.5 Å². The summed E-state index contributed by atoms with van der Waals surface area (Å²) in [6, 6.07) is 0.358. The Hall–Kier alpha value is -0.650. The lowest BCUT2D eigenvalue weighted by atomic mass is 10.1. The minimum atomic E-state index is -0.0694. The predicted octanol–water partition coefficient (Wildman–Crippen LogP) is -0.0402. The summed E-state index contributed by atoms with van der Waals surface area (Å²) in [5.41, 5.74) is 8.05. The summed E-state index contributed by atoms with van der Waals surface area (Å²) in [5, 5.41) is 0. The zero-order chi connectivity index (χ0) is 11.8. The SMILES string of the molecule is NNC(=O)CCCCCN1CCCC(N)C1. The Balaban J connectivity index is 1.96. The first-order valence-electron chi connectivity index (χ1n) is 6.19. The summed E-state index contributed by atoms with van der Waals surface area (Å²) in [5.74, 6) is 4.93. The van der Waals surface area contributed by atoms with Crippen LogP contribution in [0, 0.1) is 0 Å². The van der Waals surface area contributed by atoms with Gasteiger partial charge >= 0.3 is 0 Å². The number of unbranched alkanes of at least 4 members (excludes halogenated alkanes) is 2. The number of nitrogens with one attached hydrogen (secondary N) is 1. The van der Waals surface area contributed by atoms with Gasteiger partial charge < -0.3 is 10.6 Å². The fraction of sp³-hybridized carbons (Fsp3) is 0.909. The van der Waals surface area contributed by atoms with Crippen LogP contribution in [0.4, 0.5) is 0 Å². The lowest BCUT2D eigenvalue weighted by Crippen LogP contribution is -2.43. The molecule has 94 valence electrons. The van der Waals surface area contributed by atoms with Gasteiger partial charge in [0.2, 0.25) is 5.91 Å². The van der Waals surface area contributed by atoms with Crippen molar-refractivity contribution in [3.05, 3.63) is 0 Å². The number of piperidine rings is 1. The first-order chi connectivity index (χ1) is 7.72. The van der Waals surface area contributed by atoms with Crippen LogP contribution in [0.3, 0.4) is 0 Å². The number of carbonyl (C=O) groups excluding carboxylic acids is 1. The first-order valence-corrected chi connectivity index (χ1v) is 6.19. The zero-order valence-electron chi connectivity index (χ0n) is 9.95. The van der Waals surface area contributed by atoms with Crippen LogP contribution in [0.5, 0.6) is 0 Å². The van der Waals surface area contributed by atoms with Gasteiger partial charge in [0.25, 0.3) is 0 Å². The maximum absolute atomic E-state index is 10.9. The molecule has 16 heavy (non-hydrogen) atoms. The third-order valence-corrected chi connectivity index (χ3v) is 3.08. The summed E-state index contributed by atoms with van der Waals surface area (Å²) in [7, 11) is 0. The van der Waals surface area contributed by atoms with Crippen LogP contribution >= 0.6 is 0 Å². The van der Waals surface area contributed by atoms with Crippen molar-refractivity contribution in [2.24, 2.45) is 11.6 Å². The number of nitrogens with two attached hydrogens (primary N) is 2. The maximum atomic E-state index is 10.9. The number of nitrogens with zero attached hydrogens (tertiary/aromatic N) is 1. The van der Waals surface area contributed by atoms with Gasteiger partial charge in [-0.25, -0.2) is 5.84 Å². The Morgan fingerprint density at radius 1 is 1.38 bits per heavy atom. The Morgan fingerprint density at radius 3 is 2.88 bits per heavy atom. The summed E-state index contributed by atoms with van der Waals surface area (Å²) in [4.78, 5) is 13.3. The van der Waals surface area contributed by atoms with Crippen molar-refractivity contribution in [1.29, 1.82) is 0 Å². The zero-order valence-corrected chi connectivity index (χ0v) is 9.95. The molecule has 0 radical (unpaired) electrons. The Morgan fingerprint density at radius 2 is 2.19 bits per heavy atom. The van der Waals surface area contributed by atoms with Crippen molar-refractivity contribution in [2.75, 3.05) is 19.6 Å². The Labute approximate surface area is 97.5 Å². The van der Waals surface area contributed by atoms with Crippen molar-refractivity contribution in [2.45, 2.75) is 44.6 Å². The van der Waals surface area contributed by atoms with Gasteiger partial charge in [-0.1, -0.05) is 6.42 Å². The lowest BCUT2D eigenvalue weighted by molar-refractivity contribution is -0.121. The van der Waals surface area contributed by atoms with Crippen LogP contribution in [0.25, 0.3) is 0 Å². The highest BCUT2D eigenvalue weighted by molar-refractivity contribution is 5.74. The molecule has 0 aliphatic carbocycles. The van der Waals surface area contributed by atoms with E-state index in [9.17, 15) is 4.79 Å². The molecule has 0 aromatic rings. The van der Waals surface area contributed by atoms with Crippen LogP contribution in [0.2, 0.25) is 0 Å². The molecule has 0 aromatic heterocycles. The molecule has 5 nitrogen and oxygen atoms in total. The molecule has 1 amide bonds. The molecule has 0 aromatic carbocycles. The molecular formula is C11H24N4O. The Kier molecular flexibility index (Phi) is 6.37. The molecule has 1 atom stereocenters. The Bertz CT molecular complexity index is 210. The third kappa shape index (κ3) is 5.44. The van der Waals surface area contributed by atoms with Gasteiger partial charge in [-0.15, -0.1) is 0 Å². The van der Waals surface area contributed by atoms with E-state index in [1.165, 1.54) is 13.0 Å². The highest BCUT2D eigenvalue weighted by Crippen LogP contribution is 2.09. The second-order valence-electron chi connectivity index (χ2n) is 4.58. The molecule has 1 unspecified atom stereocenters. The summed E-state index contributed by atoms with van der Waals surface area (Å²) in [6.45, 7) is 3.32. The van der Waals surface area contributed by atoms with Crippen LogP contribution in [0.15, 0.2) is 0 Å². The van der Waals surface area contributed by atoms with Crippen molar-refractivity contribution in [3.63, 3.8) is 0 Å². The minimum Gasteiger partial charge on any atom is -0.327 e. The average Bonchev–Trinajstić information content (AvgIpc) is 2.28. The number of rotatable bonds is 6. The minimum absolute atomic E-state index is 0.0694. The van der Waals surface area contributed by atoms with Gasteiger partial charge in [0.05, 0.1) is 0 Å². The molecule has 1 rings (SSSR count). The summed E-state index contributed by atoms with van der Waals surface area (Å²) < 4.78 is 0. The summed E-state index contributed by atoms with van der Waals surface area (Å²) in [6.07, 6.45) is 6.06. The molecule has 1 fully saturated rings. The molecule has 0 bridgehead atoms. The molecule has 0 spiro atoms. The van der Waals surface area contributed by atoms with E-state index >= 15 is 0 Å². The fourth-order valence-electron chi connectivity index (χ4n) is 2.16. The average molecular weight is 228 g/mol. The normalized spacial score (nSPS) is 22.0. The monoisotopic (exact) mass is 228 g/mol. The van der Waals surface area contributed by atoms with Crippen LogP contribution < -0.4 is 17.0 Å². The fourth-order valence-corrected chi connectivity index (χ4v) is 2.16. The number of amides is 1. The highest BCUT2D eigenvalue weighted by Gasteiger charge is 2.15. The van der Waals surface area contributed by atoms with Crippen molar-refractivity contribution < 1.29 is 4.79 Å². The smallest absolute Gasteiger partial charge is 0.233 e. The second kappa shape index (κ2) is 7.60. The lowest BCUT2D eigenvalue weighted by Gasteiger charge is -2.30. The molecule has 1 heterocycles. The van der Waals surface area contributed by atoms with Gasteiger partial charge in [0.1, 0.15) is 0 Å². The van der Waals surface area contributed by atoms with E-state index in [1.807, 2.05) is 0 Å². The molecule has 5 N–H and O–H groups in total. The second-order valence-corrected chi connectivity index (χ2v) is 4.58. The molecule has 1 aliphatic rings. The molecular weight excluding hydrogens is 204 g/mol. The third-order valence-electron chi connectivity index (χ3n) is 3.08.